The van der Waals surface area contributed by atoms with Gasteiger partial charge in [0.25, 0.3) is 0 Å². The van der Waals surface area contributed by atoms with Crippen molar-refractivity contribution in [2.75, 3.05) is 7.11 Å². The molecule has 0 aliphatic carbocycles. The lowest BCUT2D eigenvalue weighted by Crippen LogP contribution is -2.41. The molecule has 1 atom stereocenters. The molecule has 1 amide bonds. The van der Waals surface area contributed by atoms with Gasteiger partial charge < -0.3 is 15.0 Å². The molecule has 0 saturated carbocycles. The first-order chi connectivity index (χ1) is 9.51. The first kappa shape index (κ1) is 14.4. The van der Waals surface area contributed by atoms with Crippen LogP contribution in [0.15, 0.2) is 24.4 Å². The van der Waals surface area contributed by atoms with E-state index in [0.29, 0.717) is 11.4 Å². The van der Waals surface area contributed by atoms with Crippen LogP contribution in [0.4, 0.5) is 0 Å². The molecule has 106 valence electrons. The minimum atomic E-state index is -0.702. The second-order valence-electron chi connectivity index (χ2n) is 4.48. The molecule has 1 heterocycles. The van der Waals surface area contributed by atoms with Crippen LogP contribution in [0, 0.1) is 0 Å². The third-order valence-electron chi connectivity index (χ3n) is 3.02. The lowest BCUT2D eigenvalue weighted by atomic mass is 10.0. The van der Waals surface area contributed by atoms with Gasteiger partial charge in [-0.25, -0.2) is 4.79 Å². The Balaban J connectivity index is 2.28. The van der Waals surface area contributed by atoms with Crippen molar-refractivity contribution in [1.29, 1.82) is 0 Å². The lowest BCUT2D eigenvalue weighted by molar-refractivity contribution is -0.144. The Morgan fingerprint density at radius 1 is 1.45 bits per heavy atom. The molecule has 20 heavy (non-hydrogen) atoms. The quantitative estimate of drug-likeness (QED) is 0.848. The summed E-state index contributed by atoms with van der Waals surface area (Å²) < 4.78 is 4.71. The van der Waals surface area contributed by atoms with Crippen LogP contribution in [0.3, 0.4) is 0 Å². The minimum Gasteiger partial charge on any atom is -0.467 e. The second kappa shape index (κ2) is 5.96. The number of rotatable bonds is 4. The highest BCUT2D eigenvalue weighted by atomic mass is 35.5. The standard InChI is InChI=1S/C14H15ClN2O3/c1-8(18)17-13(14(19)20-2)5-9-7-16-12-6-10(15)3-4-11(9)12/h3-4,6-7,13,16H,5H2,1-2H3,(H,17,18)/t13-/m1/s1. The molecule has 5 nitrogen and oxygen atoms in total. The maximum absolute atomic E-state index is 11.7. The zero-order chi connectivity index (χ0) is 14.7. The molecule has 0 aliphatic heterocycles. The summed E-state index contributed by atoms with van der Waals surface area (Å²) in [5.41, 5.74) is 1.81. The number of fused-ring (bicyclic) bond motifs is 1. The maximum Gasteiger partial charge on any atom is 0.328 e. The van der Waals surface area contributed by atoms with E-state index in [1.165, 1.54) is 14.0 Å². The number of aromatic amines is 1. The number of H-pyrrole nitrogens is 1. The number of esters is 1. The van der Waals surface area contributed by atoms with E-state index in [2.05, 4.69) is 10.3 Å². The number of nitrogens with one attached hydrogen (secondary N) is 2. The van der Waals surface area contributed by atoms with Crippen molar-refractivity contribution in [2.24, 2.45) is 0 Å². The van der Waals surface area contributed by atoms with E-state index >= 15 is 0 Å². The molecule has 0 aliphatic rings. The molecule has 2 N–H and O–H groups in total. The van der Waals surface area contributed by atoms with Crippen molar-refractivity contribution < 1.29 is 14.3 Å². The normalized spacial score (nSPS) is 12.2. The number of carbonyl (C=O) groups excluding carboxylic acids is 2. The van der Waals surface area contributed by atoms with Gasteiger partial charge in [0.2, 0.25) is 5.91 Å². The summed E-state index contributed by atoms with van der Waals surface area (Å²) in [5, 5.41) is 4.19. The van der Waals surface area contributed by atoms with Crippen LogP contribution in [-0.4, -0.2) is 30.0 Å². The number of halogens is 1. The number of carbonyl (C=O) groups is 2. The summed E-state index contributed by atoms with van der Waals surface area (Å²) in [6, 6.07) is 4.77. The molecule has 1 aromatic heterocycles. The molecule has 0 spiro atoms. The molecular formula is C14H15ClN2O3. The Morgan fingerprint density at radius 2 is 2.20 bits per heavy atom. The average molecular weight is 295 g/mol. The molecule has 0 radical (unpaired) electrons. The van der Waals surface area contributed by atoms with E-state index in [1.54, 1.807) is 12.3 Å². The average Bonchev–Trinajstić information content (AvgIpc) is 2.78. The molecule has 1 aromatic carbocycles. The van der Waals surface area contributed by atoms with Gasteiger partial charge in [0.05, 0.1) is 7.11 Å². The first-order valence-electron chi connectivity index (χ1n) is 6.11. The van der Waals surface area contributed by atoms with E-state index < -0.39 is 12.0 Å². The van der Waals surface area contributed by atoms with Gasteiger partial charge in [0.15, 0.2) is 0 Å². The number of hydrogen-bond donors (Lipinski definition) is 2. The third kappa shape index (κ3) is 3.11. The maximum atomic E-state index is 11.7. The Morgan fingerprint density at radius 3 is 2.85 bits per heavy atom. The van der Waals surface area contributed by atoms with E-state index in [9.17, 15) is 9.59 Å². The largest absolute Gasteiger partial charge is 0.467 e. The summed E-state index contributed by atoms with van der Waals surface area (Å²) in [6.45, 7) is 1.37. The van der Waals surface area contributed by atoms with Crippen molar-refractivity contribution in [3.63, 3.8) is 0 Å². The molecule has 0 saturated heterocycles. The van der Waals surface area contributed by atoms with Gasteiger partial charge >= 0.3 is 5.97 Å². The molecule has 0 unspecified atom stereocenters. The van der Waals surface area contributed by atoms with Gasteiger partial charge in [-0.3, -0.25) is 4.79 Å². The molecule has 0 fully saturated rings. The lowest BCUT2D eigenvalue weighted by Gasteiger charge is -2.14. The fourth-order valence-electron chi connectivity index (χ4n) is 2.13. The molecule has 2 aromatic rings. The Labute approximate surface area is 121 Å². The van der Waals surface area contributed by atoms with Crippen molar-refractivity contribution in [3.8, 4) is 0 Å². The molecule has 6 heteroatoms. The van der Waals surface area contributed by atoms with Crippen molar-refractivity contribution in [1.82, 2.24) is 10.3 Å². The van der Waals surface area contributed by atoms with Crippen LogP contribution < -0.4 is 5.32 Å². The van der Waals surface area contributed by atoms with Crippen LogP contribution in [0.5, 0.6) is 0 Å². The SMILES string of the molecule is COC(=O)[C@@H](Cc1c[nH]c2cc(Cl)ccc12)NC(C)=O. The number of aromatic nitrogens is 1. The van der Waals surface area contributed by atoms with Crippen LogP contribution in [0.25, 0.3) is 10.9 Å². The zero-order valence-electron chi connectivity index (χ0n) is 11.2. The minimum absolute atomic E-state index is 0.275. The predicted molar refractivity (Wildman–Crippen MR) is 76.6 cm³/mol. The van der Waals surface area contributed by atoms with E-state index in [1.807, 2.05) is 12.1 Å². The third-order valence-corrected chi connectivity index (χ3v) is 3.25. The topological polar surface area (TPSA) is 71.2 Å². The summed E-state index contributed by atoms with van der Waals surface area (Å²) in [6.07, 6.45) is 2.16. The molecular weight excluding hydrogens is 280 g/mol. The van der Waals surface area contributed by atoms with Gasteiger partial charge in [0, 0.05) is 35.5 Å². The monoisotopic (exact) mass is 294 g/mol. The Kier molecular flexibility index (Phi) is 4.29. The number of ether oxygens (including phenoxy) is 1. The van der Waals surface area contributed by atoms with E-state index in [-0.39, 0.29) is 5.91 Å². The second-order valence-corrected chi connectivity index (χ2v) is 4.92. The number of benzene rings is 1. The van der Waals surface area contributed by atoms with Gasteiger partial charge in [-0.05, 0) is 17.7 Å². The highest BCUT2D eigenvalue weighted by Gasteiger charge is 2.21. The fourth-order valence-corrected chi connectivity index (χ4v) is 2.30. The summed E-state index contributed by atoms with van der Waals surface area (Å²) >= 11 is 5.92. The zero-order valence-corrected chi connectivity index (χ0v) is 12.0. The van der Waals surface area contributed by atoms with Gasteiger partial charge in [0.1, 0.15) is 6.04 Å². The van der Waals surface area contributed by atoms with Crippen molar-refractivity contribution in [3.05, 3.63) is 35.0 Å². The Bertz CT molecular complexity index is 651. The van der Waals surface area contributed by atoms with Gasteiger partial charge in [-0.2, -0.15) is 0 Å². The Hall–Kier alpha value is -2.01. The summed E-state index contributed by atoms with van der Waals surface area (Å²) in [7, 11) is 1.30. The van der Waals surface area contributed by atoms with Crippen LogP contribution in [0.1, 0.15) is 12.5 Å². The summed E-state index contributed by atoms with van der Waals surface area (Å²) in [4.78, 5) is 26.0. The fraction of sp³-hybridized carbons (Fsp3) is 0.286. The van der Waals surface area contributed by atoms with Crippen LogP contribution in [0.2, 0.25) is 5.02 Å². The predicted octanol–water partition coefficient (Wildman–Crippen LogP) is 2.04. The van der Waals surface area contributed by atoms with Gasteiger partial charge in [-0.1, -0.05) is 17.7 Å². The van der Waals surface area contributed by atoms with Crippen LogP contribution >= 0.6 is 11.6 Å². The number of hydrogen-bond acceptors (Lipinski definition) is 3. The van der Waals surface area contributed by atoms with Crippen molar-refractivity contribution in [2.45, 2.75) is 19.4 Å². The highest BCUT2D eigenvalue weighted by molar-refractivity contribution is 6.31. The van der Waals surface area contributed by atoms with E-state index in [0.717, 1.165) is 16.5 Å². The van der Waals surface area contributed by atoms with Gasteiger partial charge in [-0.15, -0.1) is 0 Å². The number of amides is 1. The molecule has 2 rings (SSSR count). The van der Waals surface area contributed by atoms with Crippen LogP contribution in [-0.2, 0) is 20.7 Å². The number of methoxy groups -OCH3 is 1. The van der Waals surface area contributed by atoms with E-state index in [4.69, 9.17) is 16.3 Å². The smallest absolute Gasteiger partial charge is 0.328 e. The first-order valence-corrected chi connectivity index (χ1v) is 6.49. The highest BCUT2D eigenvalue weighted by Crippen LogP contribution is 2.23. The summed E-state index contributed by atoms with van der Waals surface area (Å²) in [5.74, 6) is -0.744. The van der Waals surface area contributed by atoms with Crippen molar-refractivity contribution >= 4 is 34.4 Å². The molecule has 0 bridgehead atoms.